The zero-order valence-corrected chi connectivity index (χ0v) is 12.5. The summed E-state index contributed by atoms with van der Waals surface area (Å²) < 4.78 is 1.85. The van der Waals surface area contributed by atoms with Crippen LogP contribution in [0.4, 0.5) is 5.95 Å². The summed E-state index contributed by atoms with van der Waals surface area (Å²) >= 11 is 3.20. The number of anilines is 1. The van der Waals surface area contributed by atoms with Crippen molar-refractivity contribution >= 4 is 39.3 Å². The van der Waals surface area contributed by atoms with E-state index in [1.54, 1.807) is 23.1 Å². The average Bonchev–Trinajstić information content (AvgIpc) is 2.81. The van der Waals surface area contributed by atoms with E-state index in [1.165, 1.54) is 4.88 Å². The zero-order chi connectivity index (χ0) is 13.6. The summed E-state index contributed by atoms with van der Waals surface area (Å²) in [7, 11) is 1.93. The van der Waals surface area contributed by atoms with Gasteiger partial charge in [-0.2, -0.15) is 5.10 Å². The third-order valence-electron chi connectivity index (χ3n) is 2.66. The van der Waals surface area contributed by atoms with Crippen LogP contribution < -0.4 is 5.73 Å². The SMILES string of the molecule is Cc1cc(Sc2nc(N)nc3sc(C)cc23)n(C)n1. The maximum Gasteiger partial charge on any atom is 0.222 e. The molecule has 0 radical (unpaired) electrons. The molecule has 0 saturated heterocycles. The number of hydrogen-bond acceptors (Lipinski definition) is 6. The molecule has 3 heterocycles. The Labute approximate surface area is 118 Å². The second-order valence-electron chi connectivity index (χ2n) is 4.31. The molecule has 3 aromatic rings. The number of nitrogens with two attached hydrogens (primary N) is 1. The van der Waals surface area contributed by atoms with Crippen molar-refractivity contribution in [1.82, 2.24) is 19.7 Å². The molecule has 19 heavy (non-hydrogen) atoms. The van der Waals surface area contributed by atoms with Crippen molar-refractivity contribution in [3.8, 4) is 0 Å². The van der Waals surface area contributed by atoms with Gasteiger partial charge in [-0.05, 0) is 37.7 Å². The number of fused-ring (bicyclic) bond motifs is 1. The quantitative estimate of drug-likeness (QED) is 0.735. The van der Waals surface area contributed by atoms with Crippen molar-refractivity contribution in [3.63, 3.8) is 0 Å². The van der Waals surface area contributed by atoms with Crippen LogP contribution >= 0.6 is 23.1 Å². The van der Waals surface area contributed by atoms with E-state index >= 15 is 0 Å². The van der Waals surface area contributed by atoms with Crippen LogP contribution in [0.5, 0.6) is 0 Å². The molecule has 2 N–H and O–H groups in total. The Hall–Kier alpha value is -1.60. The van der Waals surface area contributed by atoms with Crippen LogP contribution in [0, 0.1) is 13.8 Å². The van der Waals surface area contributed by atoms with Gasteiger partial charge in [0.1, 0.15) is 14.9 Å². The standard InChI is InChI=1S/C12H13N5S2/c1-6-4-9(17(3)16-6)19-11-8-5-7(2)18-10(8)14-12(13)15-11/h4-5H,1-3H3,(H2,13,14,15). The maximum absolute atomic E-state index is 5.78. The van der Waals surface area contributed by atoms with E-state index in [4.69, 9.17) is 5.73 Å². The highest BCUT2D eigenvalue weighted by Gasteiger charge is 2.13. The van der Waals surface area contributed by atoms with Gasteiger partial charge in [-0.25, -0.2) is 9.97 Å². The largest absolute Gasteiger partial charge is 0.368 e. The van der Waals surface area contributed by atoms with Crippen molar-refractivity contribution in [3.05, 3.63) is 22.7 Å². The Morgan fingerprint density at radius 1 is 1.26 bits per heavy atom. The fourth-order valence-electron chi connectivity index (χ4n) is 1.89. The van der Waals surface area contributed by atoms with Gasteiger partial charge in [-0.3, -0.25) is 4.68 Å². The lowest BCUT2D eigenvalue weighted by atomic mass is 10.4. The minimum absolute atomic E-state index is 0.316. The number of nitrogens with zero attached hydrogens (tertiary/aromatic N) is 4. The molecule has 0 amide bonds. The number of hydrogen-bond donors (Lipinski definition) is 1. The molecule has 7 heteroatoms. The summed E-state index contributed by atoms with van der Waals surface area (Å²) in [6.07, 6.45) is 0. The summed E-state index contributed by atoms with van der Waals surface area (Å²) in [6, 6.07) is 4.14. The first-order valence-electron chi connectivity index (χ1n) is 5.75. The molecule has 0 aliphatic carbocycles. The molecule has 3 rings (SSSR count). The molecular weight excluding hydrogens is 278 g/mol. The first-order chi connectivity index (χ1) is 9.02. The van der Waals surface area contributed by atoms with E-state index in [0.717, 1.165) is 26.0 Å². The highest BCUT2D eigenvalue weighted by molar-refractivity contribution is 7.99. The molecule has 0 bridgehead atoms. The molecule has 0 unspecified atom stereocenters. The van der Waals surface area contributed by atoms with Crippen molar-refractivity contribution in [2.24, 2.45) is 7.05 Å². The molecule has 98 valence electrons. The number of aromatic nitrogens is 4. The Kier molecular flexibility index (Phi) is 2.94. The lowest BCUT2D eigenvalue weighted by Gasteiger charge is -2.03. The van der Waals surface area contributed by atoms with Crippen LogP contribution in [0.3, 0.4) is 0 Å². The smallest absolute Gasteiger partial charge is 0.222 e. The summed E-state index contributed by atoms with van der Waals surface area (Å²) in [6.45, 7) is 4.04. The molecular formula is C12H13N5S2. The van der Waals surface area contributed by atoms with Gasteiger partial charge in [0.25, 0.3) is 0 Å². The van der Waals surface area contributed by atoms with Crippen molar-refractivity contribution < 1.29 is 0 Å². The van der Waals surface area contributed by atoms with Crippen LogP contribution in [0.2, 0.25) is 0 Å². The van der Waals surface area contributed by atoms with E-state index in [1.807, 2.05) is 24.7 Å². The van der Waals surface area contributed by atoms with Crippen LogP contribution in [0.25, 0.3) is 10.2 Å². The van der Waals surface area contributed by atoms with Gasteiger partial charge in [0.2, 0.25) is 5.95 Å². The van der Waals surface area contributed by atoms with Gasteiger partial charge in [0, 0.05) is 17.3 Å². The van der Waals surface area contributed by atoms with Crippen LogP contribution in [-0.4, -0.2) is 19.7 Å². The fraction of sp³-hybridized carbons (Fsp3) is 0.250. The van der Waals surface area contributed by atoms with Crippen molar-refractivity contribution in [2.75, 3.05) is 5.73 Å². The maximum atomic E-state index is 5.78. The zero-order valence-electron chi connectivity index (χ0n) is 10.8. The molecule has 3 aromatic heterocycles. The number of nitrogen functional groups attached to an aromatic ring is 1. The van der Waals surface area contributed by atoms with E-state index < -0.39 is 0 Å². The van der Waals surface area contributed by atoms with Crippen molar-refractivity contribution in [1.29, 1.82) is 0 Å². The van der Waals surface area contributed by atoms with Gasteiger partial charge < -0.3 is 5.73 Å². The molecule has 0 aliphatic rings. The monoisotopic (exact) mass is 291 g/mol. The third kappa shape index (κ3) is 2.31. The molecule has 0 saturated carbocycles. The number of aryl methyl sites for hydroxylation is 3. The van der Waals surface area contributed by atoms with Crippen LogP contribution in [0.1, 0.15) is 10.6 Å². The predicted molar refractivity (Wildman–Crippen MR) is 78.6 cm³/mol. The Morgan fingerprint density at radius 3 is 2.74 bits per heavy atom. The predicted octanol–water partition coefficient (Wildman–Crippen LogP) is 2.78. The Balaban J connectivity index is 2.11. The van der Waals surface area contributed by atoms with E-state index in [-0.39, 0.29) is 0 Å². The average molecular weight is 291 g/mol. The molecule has 0 aliphatic heterocycles. The van der Waals surface area contributed by atoms with Crippen LogP contribution in [0.15, 0.2) is 22.2 Å². The third-order valence-corrected chi connectivity index (χ3v) is 4.70. The number of rotatable bonds is 2. The lowest BCUT2D eigenvalue weighted by Crippen LogP contribution is -1.97. The summed E-state index contributed by atoms with van der Waals surface area (Å²) in [5.41, 5.74) is 6.77. The topological polar surface area (TPSA) is 69.6 Å². The molecule has 0 fully saturated rings. The first-order valence-corrected chi connectivity index (χ1v) is 7.38. The highest BCUT2D eigenvalue weighted by atomic mass is 32.2. The van der Waals surface area contributed by atoms with Gasteiger partial charge in [0.05, 0.1) is 5.69 Å². The minimum Gasteiger partial charge on any atom is -0.368 e. The van der Waals surface area contributed by atoms with E-state index in [0.29, 0.717) is 5.95 Å². The second-order valence-corrected chi connectivity index (χ2v) is 6.56. The van der Waals surface area contributed by atoms with Gasteiger partial charge >= 0.3 is 0 Å². The summed E-state index contributed by atoms with van der Waals surface area (Å²) in [4.78, 5) is 10.8. The summed E-state index contributed by atoms with van der Waals surface area (Å²) in [5, 5.41) is 7.32. The van der Waals surface area contributed by atoms with Gasteiger partial charge in [-0.15, -0.1) is 11.3 Å². The normalized spacial score (nSPS) is 11.3. The minimum atomic E-state index is 0.316. The van der Waals surface area contributed by atoms with Crippen molar-refractivity contribution in [2.45, 2.75) is 23.9 Å². The molecule has 0 aromatic carbocycles. The van der Waals surface area contributed by atoms with Crippen LogP contribution in [-0.2, 0) is 7.05 Å². The highest BCUT2D eigenvalue weighted by Crippen LogP contribution is 2.35. The molecule has 0 atom stereocenters. The van der Waals surface area contributed by atoms with E-state index in [2.05, 4.69) is 28.1 Å². The fourth-order valence-corrected chi connectivity index (χ4v) is 3.85. The van der Waals surface area contributed by atoms with Gasteiger partial charge in [0.15, 0.2) is 0 Å². The summed E-state index contributed by atoms with van der Waals surface area (Å²) in [5.74, 6) is 0.316. The number of thiophene rings is 1. The lowest BCUT2D eigenvalue weighted by molar-refractivity contribution is 0.692. The second kappa shape index (κ2) is 4.50. The molecule has 0 spiro atoms. The first kappa shape index (κ1) is 12.4. The Morgan fingerprint density at radius 2 is 2.05 bits per heavy atom. The Bertz CT molecular complexity index is 759. The van der Waals surface area contributed by atoms with E-state index in [9.17, 15) is 0 Å². The molecule has 5 nitrogen and oxygen atoms in total. The van der Waals surface area contributed by atoms with Gasteiger partial charge in [-0.1, -0.05) is 0 Å².